The van der Waals surface area contributed by atoms with E-state index in [-0.39, 0.29) is 30.1 Å². The Morgan fingerprint density at radius 3 is 2.47 bits per heavy atom. The minimum absolute atomic E-state index is 0. The second kappa shape index (κ2) is 13.4. The summed E-state index contributed by atoms with van der Waals surface area (Å²) < 4.78 is 11.2. The lowest BCUT2D eigenvalue weighted by Gasteiger charge is -2.21. The molecule has 2 aromatic carbocycles. The molecule has 1 unspecified atom stereocenters. The summed E-state index contributed by atoms with van der Waals surface area (Å²) in [4.78, 5) is 11.1. The number of benzene rings is 2. The molecule has 0 saturated heterocycles. The highest BCUT2D eigenvalue weighted by Gasteiger charge is 2.12. The molecule has 8 heteroatoms. The molecule has 1 N–H and O–H groups in total. The molecule has 0 spiro atoms. The predicted molar refractivity (Wildman–Crippen MR) is 142 cm³/mol. The molecule has 32 heavy (non-hydrogen) atoms. The summed E-state index contributed by atoms with van der Waals surface area (Å²) in [5, 5.41) is 6.48. The summed E-state index contributed by atoms with van der Waals surface area (Å²) in [5.74, 6) is 1.70. The molecule has 0 amide bonds. The molecule has 1 atom stereocenters. The number of methoxy groups -OCH3 is 1. The van der Waals surface area contributed by atoms with Crippen molar-refractivity contribution in [2.75, 3.05) is 21.2 Å². The topological polar surface area (TPSA) is 59.0 Å². The van der Waals surface area contributed by atoms with Gasteiger partial charge in [0.15, 0.2) is 5.96 Å². The van der Waals surface area contributed by atoms with Crippen LogP contribution in [0.3, 0.4) is 0 Å². The van der Waals surface area contributed by atoms with Gasteiger partial charge in [0.2, 0.25) is 0 Å². The zero-order valence-corrected chi connectivity index (χ0v) is 22.1. The number of nitrogens with one attached hydrogen (secondary N) is 1. The summed E-state index contributed by atoms with van der Waals surface area (Å²) in [7, 11) is 5.51. The van der Waals surface area contributed by atoms with Crippen LogP contribution in [-0.2, 0) is 24.4 Å². The Labute approximate surface area is 211 Å². The van der Waals surface area contributed by atoms with E-state index in [0.717, 1.165) is 28.0 Å². The monoisotopic (exact) mass is 566 g/mol. The van der Waals surface area contributed by atoms with Crippen molar-refractivity contribution in [2.24, 2.45) is 4.99 Å². The van der Waals surface area contributed by atoms with Gasteiger partial charge in [-0.05, 0) is 30.2 Å². The van der Waals surface area contributed by atoms with Crippen LogP contribution in [0.4, 0.5) is 0 Å². The Balaban J connectivity index is 0.00000363. The third-order valence-corrected chi connectivity index (χ3v) is 5.92. The van der Waals surface area contributed by atoms with E-state index in [9.17, 15) is 0 Å². The average molecular weight is 567 g/mol. The number of hydrogen-bond acceptors (Lipinski definition) is 5. The van der Waals surface area contributed by atoms with Gasteiger partial charge in [-0.1, -0.05) is 42.5 Å². The molecule has 1 heterocycles. The average Bonchev–Trinajstić information content (AvgIpc) is 3.27. The van der Waals surface area contributed by atoms with Gasteiger partial charge in [0.1, 0.15) is 23.5 Å². The molecule has 3 rings (SSSR count). The van der Waals surface area contributed by atoms with Crippen LogP contribution in [0.15, 0.2) is 65.0 Å². The van der Waals surface area contributed by atoms with Crippen molar-refractivity contribution in [1.29, 1.82) is 0 Å². The van der Waals surface area contributed by atoms with Crippen molar-refractivity contribution < 1.29 is 9.47 Å². The van der Waals surface area contributed by atoms with Crippen LogP contribution in [0, 0.1) is 0 Å². The fourth-order valence-corrected chi connectivity index (χ4v) is 3.85. The maximum absolute atomic E-state index is 5.80. The first kappa shape index (κ1) is 26.1. The Morgan fingerprint density at radius 1 is 1.12 bits per heavy atom. The van der Waals surface area contributed by atoms with E-state index < -0.39 is 0 Å². The molecular formula is C24H31IN4O2S. The first-order valence-electron chi connectivity index (χ1n) is 10.2. The maximum Gasteiger partial charge on any atom is 0.194 e. The molecule has 172 valence electrons. The summed E-state index contributed by atoms with van der Waals surface area (Å²) in [6.07, 6.45) is 0.0163. The molecule has 0 saturated carbocycles. The van der Waals surface area contributed by atoms with Crippen LogP contribution in [-0.4, -0.2) is 37.0 Å². The van der Waals surface area contributed by atoms with E-state index in [0.29, 0.717) is 19.7 Å². The van der Waals surface area contributed by atoms with Crippen LogP contribution in [0.1, 0.15) is 34.9 Å². The molecule has 6 nitrogen and oxygen atoms in total. The third-order valence-electron chi connectivity index (χ3n) is 4.87. The van der Waals surface area contributed by atoms with Gasteiger partial charge in [0.05, 0.1) is 12.2 Å². The normalized spacial score (nSPS) is 12.1. The number of nitrogens with zero attached hydrogens (tertiary/aromatic N) is 3. The molecule has 1 aromatic heterocycles. The van der Waals surface area contributed by atoms with Crippen LogP contribution in [0.5, 0.6) is 5.75 Å². The minimum Gasteiger partial charge on any atom is -0.489 e. The smallest absolute Gasteiger partial charge is 0.194 e. The number of hydrogen-bond donors (Lipinski definition) is 1. The lowest BCUT2D eigenvalue weighted by atomic mass is 10.1. The lowest BCUT2D eigenvalue weighted by molar-refractivity contribution is 0.119. The highest BCUT2D eigenvalue weighted by Crippen LogP contribution is 2.21. The first-order valence-corrected chi connectivity index (χ1v) is 11.1. The number of guanidine groups is 1. The van der Waals surface area contributed by atoms with Crippen molar-refractivity contribution in [2.45, 2.75) is 32.7 Å². The van der Waals surface area contributed by atoms with Crippen molar-refractivity contribution in [3.05, 3.63) is 81.8 Å². The molecule has 3 aromatic rings. The second-order valence-electron chi connectivity index (χ2n) is 7.23. The minimum atomic E-state index is 0. The van der Waals surface area contributed by atoms with E-state index in [2.05, 4.69) is 49.8 Å². The third kappa shape index (κ3) is 7.75. The van der Waals surface area contributed by atoms with Gasteiger partial charge in [0, 0.05) is 33.1 Å². The molecule has 0 radical (unpaired) electrons. The largest absolute Gasteiger partial charge is 0.489 e. The SMILES string of the molecule is CN=C(NCc1ccc(COc2ccccc2)cc1)N(C)Cc1csc(C(C)OC)n1.I. The number of rotatable bonds is 9. The van der Waals surface area contributed by atoms with Gasteiger partial charge in [-0.2, -0.15) is 0 Å². The fourth-order valence-electron chi connectivity index (χ4n) is 3.00. The van der Waals surface area contributed by atoms with Crippen molar-refractivity contribution in [3.8, 4) is 5.75 Å². The zero-order chi connectivity index (χ0) is 22.1. The molecule has 0 aliphatic rings. The highest BCUT2D eigenvalue weighted by molar-refractivity contribution is 14.0. The summed E-state index contributed by atoms with van der Waals surface area (Å²) in [6.45, 7) is 3.94. The van der Waals surface area contributed by atoms with Gasteiger partial charge in [-0.3, -0.25) is 4.99 Å². The van der Waals surface area contributed by atoms with E-state index in [4.69, 9.17) is 9.47 Å². The van der Waals surface area contributed by atoms with Gasteiger partial charge in [0.25, 0.3) is 0 Å². The summed E-state index contributed by atoms with van der Waals surface area (Å²) in [5.41, 5.74) is 3.33. The Kier molecular flexibility index (Phi) is 10.9. The Morgan fingerprint density at radius 2 is 1.81 bits per heavy atom. The van der Waals surface area contributed by atoms with Crippen molar-refractivity contribution in [3.63, 3.8) is 0 Å². The molecule has 0 fully saturated rings. The first-order chi connectivity index (χ1) is 15.1. The van der Waals surface area contributed by atoms with E-state index >= 15 is 0 Å². The van der Waals surface area contributed by atoms with Crippen LogP contribution in [0.25, 0.3) is 0 Å². The van der Waals surface area contributed by atoms with Gasteiger partial charge < -0.3 is 19.7 Å². The van der Waals surface area contributed by atoms with Crippen LogP contribution >= 0.6 is 35.3 Å². The molecule has 0 aliphatic carbocycles. The van der Waals surface area contributed by atoms with Crippen molar-refractivity contribution >= 4 is 41.3 Å². The Hall–Kier alpha value is -2.17. The van der Waals surface area contributed by atoms with Gasteiger partial charge in [-0.15, -0.1) is 35.3 Å². The number of ether oxygens (including phenoxy) is 2. The second-order valence-corrected chi connectivity index (χ2v) is 8.12. The Bertz CT molecular complexity index is 964. The van der Waals surface area contributed by atoms with Gasteiger partial charge >= 0.3 is 0 Å². The summed E-state index contributed by atoms with van der Waals surface area (Å²) in [6, 6.07) is 18.3. The zero-order valence-electron chi connectivity index (χ0n) is 18.9. The van der Waals surface area contributed by atoms with E-state index in [1.807, 2.05) is 44.3 Å². The maximum atomic E-state index is 5.80. The predicted octanol–water partition coefficient (Wildman–Crippen LogP) is 5.25. The summed E-state index contributed by atoms with van der Waals surface area (Å²) >= 11 is 1.62. The van der Waals surface area contributed by atoms with E-state index in [1.165, 1.54) is 5.56 Å². The highest BCUT2D eigenvalue weighted by atomic mass is 127. The fraction of sp³-hybridized carbons (Fsp3) is 0.333. The van der Waals surface area contributed by atoms with Crippen LogP contribution < -0.4 is 10.1 Å². The van der Waals surface area contributed by atoms with Crippen LogP contribution in [0.2, 0.25) is 0 Å². The number of aromatic nitrogens is 1. The number of para-hydroxylation sites is 1. The number of thiazole rings is 1. The molecule has 0 aliphatic heterocycles. The van der Waals surface area contributed by atoms with Crippen molar-refractivity contribution in [1.82, 2.24) is 15.2 Å². The molecular weight excluding hydrogens is 535 g/mol. The number of aliphatic imine (C=N–C) groups is 1. The number of halogens is 1. The lowest BCUT2D eigenvalue weighted by Crippen LogP contribution is -2.38. The standard InChI is InChI=1S/C24H30N4O2S.HI/c1-18(29-4)23-27-21(17-31-23)15-28(3)24(25-2)26-14-19-10-12-20(13-11-19)16-30-22-8-6-5-7-9-22;/h5-13,17-18H,14-16H2,1-4H3,(H,25,26);1H. The van der Waals surface area contributed by atoms with E-state index in [1.54, 1.807) is 25.5 Å². The quantitative estimate of drug-likeness (QED) is 0.218. The van der Waals surface area contributed by atoms with Gasteiger partial charge in [-0.25, -0.2) is 4.98 Å². The molecule has 0 bridgehead atoms.